The van der Waals surface area contributed by atoms with Crippen LogP contribution in [0.25, 0.3) is 11.3 Å². The van der Waals surface area contributed by atoms with Gasteiger partial charge >= 0.3 is 0 Å². The molecule has 0 bridgehead atoms. The number of hydrogen-bond donors (Lipinski definition) is 1. The molecular weight excluding hydrogens is 362 g/mol. The number of nitrogens with zero attached hydrogens (tertiary/aromatic N) is 2. The van der Waals surface area contributed by atoms with Crippen molar-refractivity contribution in [2.45, 2.75) is 19.9 Å². The second-order valence-corrected chi connectivity index (χ2v) is 6.91. The largest absolute Gasteiger partial charge is 0.494 e. The number of amides is 1. The Morgan fingerprint density at radius 3 is 2.85 bits per heavy atom. The summed E-state index contributed by atoms with van der Waals surface area (Å²) < 4.78 is 5.52. The molecule has 1 N–H and O–H groups in total. The minimum atomic E-state index is 0.00505. The highest BCUT2D eigenvalue weighted by Gasteiger charge is 2.26. The van der Waals surface area contributed by atoms with Crippen molar-refractivity contribution >= 4 is 17.5 Å². The molecule has 0 unspecified atom stereocenters. The van der Waals surface area contributed by atoms with Crippen molar-refractivity contribution in [1.29, 1.82) is 0 Å². The number of aromatic amines is 1. The number of carbonyl (C=O) groups is 1. The highest BCUT2D eigenvalue weighted by Crippen LogP contribution is 2.30. The Morgan fingerprint density at radius 2 is 2.07 bits per heavy atom. The number of benzene rings is 2. The van der Waals surface area contributed by atoms with Crippen LogP contribution < -0.4 is 4.74 Å². The quantitative estimate of drug-likeness (QED) is 0.731. The lowest BCUT2D eigenvalue weighted by Crippen LogP contribution is -2.35. The van der Waals surface area contributed by atoms with E-state index in [9.17, 15) is 4.79 Å². The Bertz CT molecular complexity index is 966. The SMILES string of the molecule is CCOc1cccc(C(=O)N2CCc3[nH]nc(-c4ccc(Cl)cc4)c3C2)c1. The smallest absolute Gasteiger partial charge is 0.254 e. The Balaban J connectivity index is 1.59. The standard InChI is InChI=1S/C21H20ClN3O2/c1-2-27-17-5-3-4-15(12-17)21(26)25-11-10-19-18(13-25)20(24-23-19)14-6-8-16(22)9-7-14/h3-9,12H,2,10-11,13H2,1H3,(H,23,24). The summed E-state index contributed by atoms with van der Waals surface area (Å²) in [5.74, 6) is 0.719. The van der Waals surface area contributed by atoms with Gasteiger partial charge in [-0.2, -0.15) is 5.10 Å². The molecule has 0 fully saturated rings. The number of carbonyl (C=O) groups excluding carboxylic acids is 1. The monoisotopic (exact) mass is 381 g/mol. The van der Waals surface area contributed by atoms with E-state index in [2.05, 4.69) is 10.2 Å². The van der Waals surface area contributed by atoms with Gasteiger partial charge in [0.05, 0.1) is 12.3 Å². The molecular formula is C21H20ClN3O2. The molecule has 0 saturated carbocycles. The lowest BCUT2D eigenvalue weighted by atomic mass is 10.0. The van der Waals surface area contributed by atoms with Crippen molar-refractivity contribution in [2.24, 2.45) is 0 Å². The fraction of sp³-hybridized carbons (Fsp3) is 0.238. The second kappa shape index (κ2) is 7.45. The van der Waals surface area contributed by atoms with Crippen LogP contribution in [-0.2, 0) is 13.0 Å². The zero-order valence-corrected chi connectivity index (χ0v) is 15.8. The number of rotatable bonds is 4. The van der Waals surface area contributed by atoms with E-state index in [1.165, 1.54) is 0 Å². The molecule has 3 aromatic rings. The minimum Gasteiger partial charge on any atom is -0.494 e. The van der Waals surface area contributed by atoms with Crippen LogP contribution in [0.15, 0.2) is 48.5 Å². The third-order valence-corrected chi connectivity index (χ3v) is 4.98. The average Bonchev–Trinajstić information content (AvgIpc) is 3.12. The van der Waals surface area contributed by atoms with E-state index < -0.39 is 0 Å². The maximum atomic E-state index is 13.0. The average molecular weight is 382 g/mol. The van der Waals surface area contributed by atoms with Gasteiger partial charge in [-0.3, -0.25) is 9.89 Å². The number of H-pyrrole nitrogens is 1. The van der Waals surface area contributed by atoms with Crippen LogP contribution in [0.2, 0.25) is 5.02 Å². The van der Waals surface area contributed by atoms with Crippen molar-refractivity contribution in [3.63, 3.8) is 0 Å². The van der Waals surface area contributed by atoms with Crippen molar-refractivity contribution in [3.05, 3.63) is 70.4 Å². The molecule has 0 atom stereocenters. The fourth-order valence-electron chi connectivity index (χ4n) is 3.38. The number of ether oxygens (including phenoxy) is 1. The van der Waals surface area contributed by atoms with E-state index in [0.717, 1.165) is 28.9 Å². The van der Waals surface area contributed by atoms with Crippen LogP contribution in [-0.4, -0.2) is 34.2 Å². The van der Waals surface area contributed by atoms with Crippen LogP contribution >= 0.6 is 11.6 Å². The summed E-state index contributed by atoms with van der Waals surface area (Å²) in [5.41, 5.74) is 4.66. The Kier molecular flexibility index (Phi) is 4.86. The summed E-state index contributed by atoms with van der Waals surface area (Å²) in [4.78, 5) is 14.9. The lowest BCUT2D eigenvalue weighted by Gasteiger charge is -2.27. The Labute approximate surface area is 162 Å². The van der Waals surface area contributed by atoms with Gasteiger partial charge in [0.15, 0.2) is 0 Å². The summed E-state index contributed by atoms with van der Waals surface area (Å²) in [7, 11) is 0. The molecule has 6 heteroatoms. The highest BCUT2D eigenvalue weighted by molar-refractivity contribution is 6.30. The number of fused-ring (bicyclic) bond motifs is 1. The summed E-state index contributed by atoms with van der Waals surface area (Å²) >= 11 is 5.99. The first-order chi connectivity index (χ1) is 13.2. The highest BCUT2D eigenvalue weighted by atomic mass is 35.5. The van der Waals surface area contributed by atoms with E-state index >= 15 is 0 Å². The van der Waals surface area contributed by atoms with E-state index in [1.807, 2.05) is 54.3 Å². The van der Waals surface area contributed by atoms with Crippen molar-refractivity contribution in [1.82, 2.24) is 15.1 Å². The van der Waals surface area contributed by atoms with Gasteiger partial charge in [-0.05, 0) is 37.3 Å². The van der Waals surface area contributed by atoms with Gasteiger partial charge in [0, 0.05) is 46.9 Å². The van der Waals surface area contributed by atoms with E-state index in [1.54, 1.807) is 6.07 Å². The molecule has 2 aromatic carbocycles. The van der Waals surface area contributed by atoms with E-state index in [4.69, 9.17) is 16.3 Å². The summed E-state index contributed by atoms with van der Waals surface area (Å²) in [6.07, 6.45) is 0.757. The predicted molar refractivity (Wildman–Crippen MR) is 105 cm³/mol. The molecule has 0 radical (unpaired) electrons. The van der Waals surface area contributed by atoms with Gasteiger partial charge in [-0.1, -0.05) is 29.8 Å². The van der Waals surface area contributed by atoms with Gasteiger partial charge < -0.3 is 9.64 Å². The topological polar surface area (TPSA) is 58.2 Å². The number of hydrogen-bond acceptors (Lipinski definition) is 3. The number of aromatic nitrogens is 2. The number of nitrogens with one attached hydrogen (secondary N) is 1. The van der Waals surface area contributed by atoms with Crippen molar-refractivity contribution in [3.8, 4) is 17.0 Å². The van der Waals surface area contributed by atoms with E-state index in [0.29, 0.717) is 36.0 Å². The second-order valence-electron chi connectivity index (χ2n) is 6.47. The molecule has 0 spiro atoms. The zero-order valence-electron chi connectivity index (χ0n) is 15.0. The van der Waals surface area contributed by atoms with Gasteiger partial charge in [-0.15, -0.1) is 0 Å². The first-order valence-electron chi connectivity index (χ1n) is 9.00. The molecule has 1 aliphatic rings. The molecule has 2 heterocycles. The fourth-order valence-corrected chi connectivity index (χ4v) is 3.51. The van der Waals surface area contributed by atoms with Gasteiger partial charge in [-0.25, -0.2) is 0 Å². The maximum Gasteiger partial charge on any atom is 0.254 e. The predicted octanol–water partition coefficient (Wildman–Crippen LogP) is 4.33. The summed E-state index contributed by atoms with van der Waals surface area (Å²) in [5, 5.41) is 8.29. The third-order valence-electron chi connectivity index (χ3n) is 4.73. The zero-order chi connectivity index (χ0) is 18.8. The summed E-state index contributed by atoms with van der Waals surface area (Å²) in [6.45, 7) is 3.69. The maximum absolute atomic E-state index is 13.0. The van der Waals surface area contributed by atoms with Crippen LogP contribution in [0.4, 0.5) is 0 Å². The van der Waals surface area contributed by atoms with Gasteiger partial charge in [0.25, 0.3) is 5.91 Å². The Hall–Kier alpha value is -2.79. The molecule has 1 aromatic heterocycles. The first-order valence-corrected chi connectivity index (χ1v) is 9.37. The molecule has 1 aliphatic heterocycles. The number of halogens is 1. The third kappa shape index (κ3) is 3.55. The van der Waals surface area contributed by atoms with Crippen LogP contribution in [0.3, 0.4) is 0 Å². The minimum absolute atomic E-state index is 0.00505. The molecule has 1 amide bonds. The van der Waals surface area contributed by atoms with Crippen LogP contribution in [0, 0.1) is 0 Å². The lowest BCUT2D eigenvalue weighted by molar-refractivity contribution is 0.0734. The van der Waals surface area contributed by atoms with Crippen LogP contribution in [0.1, 0.15) is 28.5 Å². The van der Waals surface area contributed by atoms with Gasteiger partial charge in [0.2, 0.25) is 0 Å². The molecule has 138 valence electrons. The molecule has 0 saturated heterocycles. The van der Waals surface area contributed by atoms with Crippen molar-refractivity contribution in [2.75, 3.05) is 13.2 Å². The molecule has 4 rings (SSSR count). The molecule has 0 aliphatic carbocycles. The van der Waals surface area contributed by atoms with Crippen molar-refractivity contribution < 1.29 is 9.53 Å². The molecule has 5 nitrogen and oxygen atoms in total. The van der Waals surface area contributed by atoms with Gasteiger partial charge in [0.1, 0.15) is 5.75 Å². The summed E-state index contributed by atoms with van der Waals surface area (Å²) in [6, 6.07) is 14.9. The van der Waals surface area contributed by atoms with Crippen LogP contribution in [0.5, 0.6) is 5.75 Å². The first kappa shape index (κ1) is 17.6. The normalized spacial score (nSPS) is 13.3. The van der Waals surface area contributed by atoms with E-state index in [-0.39, 0.29) is 5.91 Å². The molecule has 27 heavy (non-hydrogen) atoms. The Morgan fingerprint density at radius 1 is 1.26 bits per heavy atom.